The van der Waals surface area contributed by atoms with Gasteiger partial charge in [-0.1, -0.05) is 43.7 Å². The molecule has 2 aromatic carbocycles. The van der Waals surface area contributed by atoms with Gasteiger partial charge >= 0.3 is 0 Å². The van der Waals surface area contributed by atoms with Crippen LogP contribution in [0.5, 0.6) is 5.75 Å². The maximum atomic E-state index is 15.2. The third-order valence-electron chi connectivity index (χ3n) is 8.34. The molecule has 1 amide bonds. The summed E-state index contributed by atoms with van der Waals surface area (Å²) in [6, 6.07) is 12.9. The number of nitrogens with zero attached hydrogens (tertiary/aromatic N) is 2. The number of anilines is 1. The molecule has 3 aliphatic rings. The molecule has 1 fully saturated rings. The summed E-state index contributed by atoms with van der Waals surface area (Å²) in [5, 5.41) is 0. The lowest BCUT2D eigenvalue weighted by atomic mass is 9.72. The van der Waals surface area contributed by atoms with E-state index in [9.17, 15) is 4.79 Å². The van der Waals surface area contributed by atoms with Gasteiger partial charge in [-0.05, 0) is 86.6 Å². The van der Waals surface area contributed by atoms with Gasteiger partial charge in [0.05, 0.1) is 6.73 Å². The molecule has 1 aliphatic carbocycles. The molecule has 1 atom stereocenters. The summed E-state index contributed by atoms with van der Waals surface area (Å²) in [6.07, 6.45) is 13.8. The van der Waals surface area contributed by atoms with E-state index in [1.54, 1.807) is 12.1 Å². The molecule has 0 aromatic heterocycles. The maximum absolute atomic E-state index is 15.2. The molecule has 1 spiro atoms. The van der Waals surface area contributed by atoms with Gasteiger partial charge in [-0.15, -0.1) is 0 Å². The minimum atomic E-state index is -0.476. The van der Waals surface area contributed by atoms with Gasteiger partial charge < -0.3 is 14.4 Å². The fraction of sp³-hybridized carbons (Fsp3) is 0.531. The van der Waals surface area contributed by atoms with E-state index in [2.05, 4.69) is 30.0 Å². The lowest BCUT2D eigenvalue weighted by molar-refractivity contribution is -0.00289. The Balaban J connectivity index is 1.23. The van der Waals surface area contributed by atoms with Crippen LogP contribution in [0.15, 0.2) is 54.6 Å². The summed E-state index contributed by atoms with van der Waals surface area (Å²) >= 11 is 0. The van der Waals surface area contributed by atoms with Crippen LogP contribution in [-0.2, 0) is 11.2 Å². The summed E-state index contributed by atoms with van der Waals surface area (Å²) < 4.78 is 26.9. The number of piperidine rings is 1. The first-order valence-corrected chi connectivity index (χ1v) is 14.4. The number of ether oxygens (including phenoxy) is 2. The van der Waals surface area contributed by atoms with Crippen LogP contribution in [0.25, 0.3) is 0 Å². The van der Waals surface area contributed by atoms with Gasteiger partial charge in [0, 0.05) is 37.5 Å². The number of amides is 1. The Kier molecular flexibility index (Phi) is 8.80. The monoisotopic (exact) mass is 520 g/mol. The first-order valence-electron chi connectivity index (χ1n) is 14.4. The van der Waals surface area contributed by atoms with Crippen LogP contribution in [0.1, 0.15) is 74.2 Å². The number of carbonyl (C=O) groups is 1. The summed E-state index contributed by atoms with van der Waals surface area (Å²) in [5.74, 6) is -0.408. The molecular formula is C32H41FN2O3. The van der Waals surface area contributed by atoms with Crippen molar-refractivity contribution in [3.63, 3.8) is 0 Å². The number of carbonyl (C=O) groups excluding carboxylic acids is 1. The van der Waals surface area contributed by atoms with Crippen molar-refractivity contribution in [1.82, 2.24) is 4.90 Å². The fourth-order valence-electron chi connectivity index (χ4n) is 6.06. The highest BCUT2D eigenvalue weighted by Crippen LogP contribution is 2.43. The normalized spacial score (nSPS) is 22.3. The van der Waals surface area contributed by atoms with Gasteiger partial charge in [0.2, 0.25) is 0 Å². The molecule has 204 valence electrons. The molecule has 38 heavy (non-hydrogen) atoms. The summed E-state index contributed by atoms with van der Waals surface area (Å²) in [7, 11) is 0. The van der Waals surface area contributed by atoms with Crippen molar-refractivity contribution in [3.8, 4) is 5.75 Å². The number of para-hydroxylation sites is 1. The molecule has 2 heterocycles. The van der Waals surface area contributed by atoms with Crippen molar-refractivity contribution in [1.29, 1.82) is 0 Å². The van der Waals surface area contributed by atoms with E-state index in [0.29, 0.717) is 18.8 Å². The number of likely N-dealkylation sites (tertiary alicyclic amines) is 1. The Morgan fingerprint density at radius 1 is 1.11 bits per heavy atom. The van der Waals surface area contributed by atoms with Crippen LogP contribution in [0, 0.1) is 11.2 Å². The number of unbranched alkanes of at least 4 members (excludes halogenated alkanes) is 1. The van der Waals surface area contributed by atoms with Crippen LogP contribution in [0.2, 0.25) is 0 Å². The van der Waals surface area contributed by atoms with Gasteiger partial charge in [-0.3, -0.25) is 9.69 Å². The predicted octanol–water partition coefficient (Wildman–Crippen LogP) is 6.76. The number of hydrogen-bond acceptors (Lipinski definition) is 4. The Morgan fingerprint density at radius 2 is 1.95 bits per heavy atom. The lowest BCUT2D eigenvalue weighted by Gasteiger charge is -2.32. The predicted molar refractivity (Wildman–Crippen MR) is 149 cm³/mol. The zero-order chi connectivity index (χ0) is 26.4. The third kappa shape index (κ3) is 6.29. The first-order chi connectivity index (χ1) is 18.6. The number of fused-ring (bicyclic) bond motifs is 1. The van der Waals surface area contributed by atoms with E-state index in [1.165, 1.54) is 18.1 Å². The fourth-order valence-corrected chi connectivity index (χ4v) is 6.06. The minimum Gasteiger partial charge on any atom is -0.487 e. The highest BCUT2D eigenvalue weighted by atomic mass is 19.1. The molecule has 6 heteroatoms. The van der Waals surface area contributed by atoms with Crippen LogP contribution in [0.3, 0.4) is 0 Å². The Morgan fingerprint density at radius 3 is 2.71 bits per heavy atom. The van der Waals surface area contributed by atoms with E-state index in [4.69, 9.17) is 9.47 Å². The van der Waals surface area contributed by atoms with Gasteiger partial charge in [0.25, 0.3) is 5.91 Å². The average Bonchev–Trinajstić information content (AvgIpc) is 3.09. The second kappa shape index (κ2) is 12.4. The van der Waals surface area contributed by atoms with Crippen LogP contribution < -0.4 is 9.64 Å². The highest BCUT2D eigenvalue weighted by Gasteiger charge is 2.35. The van der Waals surface area contributed by atoms with Gasteiger partial charge in [-0.25, -0.2) is 4.39 Å². The molecule has 2 aliphatic heterocycles. The van der Waals surface area contributed by atoms with E-state index < -0.39 is 5.82 Å². The second-order valence-corrected chi connectivity index (χ2v) is 11.1. The first kappa shape index (κ1) is 26.9. The van der Waals surface area contributed by atoms with Crippen molar-refractivity contribution in [2.45, 2.75) is 70.8 Å². The standard InChI is InChI=1S/C32H41FN2O3/c1-2-3-21-37-24-34-18-13-27(14-19-34)38-30-12-11-25(22-28(30)33)31(36)35-20-17-32(15-7-4-8-16-32)23-26-9-5-6-10-29(26)35/h5-7,9-12,15,22,27H,2-4,8,13-14,16-21,23-24H2,1H3. The maximum Gasteiger partial charge on any atom is 0.258 e. The molecule has 0 saturated carbocycles. The van der Waals surface area contributed by atoms with Crippen molar-refractivity contribution in [2.24, 2.45) is 5.41 Å². The molecular weight excluding hydrogens is 479 g/mol. The molecule has 5 nitrogen and oxygen atoms in total. The molecule has 1 saturated heterocycles. The Labute approximate surface area is 226 Å². The van der Waals surface area contributed by atoms with Crippen molar-refractivity contribution in [2.75, 3.05) is 37.9 Å². The summed E-state index contributed by atoms with van der Waals surface area (Å²) in [4.78, 5) is 17.8. The second-order valence-electron chi connectivity index (χ2n) is 11.1. The van der Waals surface area contributed by atoms with Crippen LogP contribution in [-0.4, -0.2) is 49.9 Å². The van der Waals surface area contributed by atoms with E-state index in [-0.39, 0.29) is 23.2 Å². The molecule has 1 unspecified atom stereocenters. The number of benzene rings is 2. The Hall–Kier alpha value is -2.70. The summed E-state index contributed by atoms with van der Waals surface area (Å²) in [6.45, 7) is 5.98. The van der Waals surface area contributed by atoms with Crippen molar-refractivity contribution >= 4 is 11.6 Å². The SMILES string of the molecule is CCCCOCN1CCC(Oc2ccc(C(=O)N3CCC4(C=CCCC4)Cc4ccccc43)cc2F)CC1. The highest BCUT2D eigenvalue weighted by molar-refractivity contribution is 6.06. The minimum absolute atomic E-state index is 0.0323. The van der Waals surface area contributed by atoms with E-state index in [1.807, 2.05) is 23.1 Å². The van der Waals surface area contributed by atoms with Crippen molar-refractivity contribution in [3.05, 3.63) is 71.6 Å². The zero-order valence-electron chi connectivity index (χ0n) is 22.7. The molecule has 0 bridgehead atoms. The smallest absolute Gasteiger partial charge is 0.258 e. The van der Waals surface area contributed by atoms with Gasteiger partial charge in [0.1, 0.15) is 6.10 Å². The van der Waals surface area contributed by atoms with Crippen LogP contribution in [0.4, 0.5) is 10.1 Å². The quantitative estimate of drug-likeness (QED) is 0.285. The van der Waals surface area contributed by atoms with E-state index in [0.717, 1.165) is 76.8 Å². The zero-order valence-corrected chi connectivity index (χ0v) is 22.7. The van der Waals surface area contributed by atoms with Gasteiger partial charge in [0.15, 0.2) is 11.6 Å². The molecule has 2 aromatic rings. The van der Waals surface area contributed by atoms with Gasteiger partial charge in [-0.2, -0.15) is 0 Å². The topological polar surface area (TPSA) is 42.0 Å². The largest absolute Gasteiger partial charge is 0.487 e. The number of halogens is 1. The van der Waals surface area contributed by atoms with Crippen LogP contribution >= 0.6 is 0 Å². The van der Waals surface area contributed by atoms with E-state index >= 15 is 4.39 Å². The molecule has 5 rings (SSSR count). The summed E-state index contributed by atoms with van der Waals surface area (Å²) in [5.41, 5.74) is 2.59. The molecule has 0 N–H and O–H groups in total. The van der Waals surface area contributed by atoms with Crippen molar-refractivity contribution < 1.29 is 18.7 Å². The number of allylic oxidation sites excluding steroid dienone is 2. The number of hydrogen-bond donors (Lipinski definition) is 0. The Bertz CT molecular complexity index is 1130. The number of rotatable bonds is 8. The third-order valence-corrected chi connectivity index (χ3v) is 8.34. The average molecular weight is 521 g/mol. The molecule has 0 radical (unpaired) electrons. The lowest BCUT2D eigenvalue weighted by Crippen LogP contribution is -2.39.